The number of hydrogen-bond donors (Lipinski definition) is 0. The smallest absolute Gasteiger partial charge is 0.252 e. The molecule has 17 aromatic carbocycles. The van der Waals surface area contributed by atoms with Gasteiger partial charge in [0.25, 0.3) is 6.71 Å². The second kappa shape index (κ2) is 21.2. The van der Waals surface area contributed by atoms with Crippen molar-refractivity contribution in [2.24, 2.45) is 0 Å². The highest BCUT2D eigenvalue weighted by atomic mass is 15.1. The lowest BCUT2D eigenvalue weighted by atomic mass is 9.34. The van der Waals surface area contributed by atoms with Crippen molar-refractivity contribution in [3.8, 4) is 39.6 Å². The fourth-order valence-electron chi connectivity index (χ4n) is 21.0. The molecule has 2 aliphatic heterocycles. The SMILES string of the molecule is Cc1ccc2c3cc(C(C)(C)c4ccccc4)ccc3c3cc4c5c(c3c2c1)-n1c2ccc(-n3c6ccccc6c6ccccc63)cc2c2cc(-n3c6ccccc6c6ccccc63)cc(c21)B5c1cc(-n2c3ccccc3c3ccccc32)cc2c3cc(CC5c6ccccc6-c6ccccc65)ccc3n-4c12. The van der Waals surface area contributed by atoms with Crippen molar-refractivity contribution in [3.05, 3.63) is 361 Å². The lowest BCUT2D eigenvalue weighted by molar-refractivity contribution is 0.642. The fraction of sp³-hybridized carbons (Fsp3) is 0.0588. The topological polar surface area (TPSA) is 24.6 Å². The van der Waals surface area contributed by atoms with E-state index in [2.05, 4.69) is 371 Å². The third kappa shape index (κ3) is 7.65. The summed E-state index contributed by atoms with van der Waals surface area (Å²) in [4.78, 5) is 0. The molecule has 3 aliphatic rings. The molecule has 0 N–H and O–H groups in total. The number of nitrogens with zero attached hydrogens (tertiary/aromatic N) is 5. The van der Waals surface area contributed by atoms with Crippen molar-refractivity contribution in [1.29, 1.82) is 0 Å². The summed E-state index contributed by atoms with van der Waals surface area (Å²) in [6.07, 6.45) is 0.875. The van der Waals surface area contributed by atoms with Crippen LogP contribution in [0.1, 0.15) is 53.1 Å². The van der Waals surface area contributed by atoms with Crippen LogP contribution in [0.5, 0.6) is 0 Å². The van der Waals surface area contributed by atoms with Crippen LogP contribution in [0.15, 0.2) is 328 Å². The van der Waals surface area contributed by atoms with Gasteiger partial charge < -0.3 is 22.8 Å². The van der Waals surface area contributed by atoms with Crippen LogP contribution in [-0.4, -0.2) is 29.5 Å². The molecule has 7 heterocycles. The summed E-state index contributed by atoms with van der Waals surface area (Å²) >= 11 is 0. The summed E-state index contributed by atoms with van der Waals surface area (Å²) in [7, 11) is 0. The van der Waals surface area contributed by atoms with E-state index in [1.165, 1.54) is 214 Å². The van der Waals surface area contributed by atoms with E-state index in [0.29, 0.717) is 0 Å². The first-order valence-corrected chi connectivity index (χ1v) is 38.2. The molecule has 0 bridgehead atoms. The van der Waals surface area contributed by atoms with Gasteiger partial charge >= 0.3 is 0 Å². The molecule has 1 aliphatic carbocycles. The van der Waals surface area contributed by atoms with Gasteiger partial charge in [-0.25, -0.2) is 0 Å². The molecule has 0 atom stereocenters. The quantitative estimate of drug-likeness (QED) is 0.112. The van der Waals surface area contributed by atoms with E-state index in [1.54, 1.807) is 0 Å². The minimum Gasteiger partial charge on any atom is -0.310 e. The van der Waals surface area contributed by atoms with E-state index < -0.39 is 0 Å². The van der Waals surface area contributed by atoms with Crippen LogP contribution in [0, 0.1) is 6.92 Å². The van der Waals surface area contributed by atoms with Crippen molar-refractivity contribution < 1.29 is 0 Å². The van der Waals surface area contributed by atoms with Gasteiger partial charge in [0.1, 0.15) is 0 Å². The Morgan fingerprint density at radius 3 is 1.29 bits per heavy atom. The monoisotopic (exact) mass is 1370 g/mol. The summed E-state index contributed by atoms with van der Waals surface area (Å²) in [5.41, 5.74) is 32.2. The molecule has 0 amide bonds. The molecule has 108 heavy (non-hydrogen) atoms. The summed E-state index contributed by atoms with van der Waals surface area (Å²) in [6, 6.07) is 126. The molecular formula is C102H66BN5. The van der Waals surface area contributed by atoms with Crippen molar-refractivity contribution in [3.63, 3.8) is 0 Å². The molecule has 5 aromatic heterocycles. The maximum atomic E-state index is 2.77. The van der Waals surface area contributed by atoms with Crippen molar-refractivity contribution in [1.82, 2.24) is 22.8 Å². The van der Waals surface area contributed by atoms with Crippen LogP contribution in [0.3, 0.4) is 0 Å². The minimum atomic E-state index is -0.271. The third-order valence-corrected chi connectivity index (χ3v) is 25.7. The Balaban J connectivity index is 0.870. The average Bonchev–Trinajstić information content (AvgIpc) is 1.47. The maximum absolute atomic E-state index is 2.77. The molecule has 25 rings (SSSR count). The van der Waals surface area contributed by atoms with Gasteiger partial charge in [0.2, 0.25) is 0 Å². The zero-order valence-corrected chi connectivity index (χ0v) is 59.8. The van der Waals surface area contributed by atoms with Crippen LogP contribution in [0.4, 0.5) is 0 Å². The van der Waals surface area contributed by atoms with Gasteiger partial charge in [0.15, 0.2) is 0 Å². The summed E-state index contributed by atoms with van der Waals surface area (Å²) < 4.78 is 13.2. The number of aromatic nitrogens is 5. The summed E-state index contributed by atoms with van der Waals surface area (Å²) in [5, 5.41) is 20.0. The largest absolute Gasteiger partial charge is 0.310 e. The molecule has 0 fully saturated rings. The van der Waals surface area contributed by atoms with Crippen molar-refractivity contribution in [2.45, 2.75) is 38.5 Å². The highest BCUT2D eigenvalue weighted by Crippen LogP contribution is 2.51. The van der Waals surface area contributed by atoms with E-state index in [9.17, 15) is 0 Å². The van der Waals surface area contributed by atoms with Gasteiger partial charge in [0, 0.05) is 104 Å². The Morgan fingerprint density at radius 1 is 0.296 bits per heavy atom. The molecule has 5 nitrogen and oxygen atoms in total. The second-order valence-electron chi connectivity index (χ2n) is 31.4. The number of fused-ring (bicyclic) bond motifs is 29. The Morgan fingerprint density at radius 2 is 0.731 bits per heavy atom. The molecule has 0 radical (unpaired) electrons. The van der Waals surface area contributed by atoms with Crippen LogP contribution in [-0.2, 0) is 11.8 Å². The van der Waals surface area contributed by atoms with E-state index in [0.717, 1.165) is 23.5 Å². The number of benzene rings is 17. The van der Waals surface area contributed by atoms with Crippen LogP contribution in [0.2, 0.25) is 0 Å². The lowest BCUT2D eigenvalue weighted by Gasteiger charge is -2.36. The average molecular weight is 1370 g/mol. The molecule has 0 unspecified atom stereocenters. The van der Waals surface area contributed by atoms with Crippen LogP contribution < -0.4 is 16.4 Å². The van der Waals surface area contributed by atoms with Gasteiger partial charge in [0.05, 0.1) is 49.8 Å². The number of hydrogen-bond acceptors (Lipinski definition) is 0. The molecular weight excluding hydrogens is 1310 g/mol. The molecule has 22 aromatic rings. The van der Waals surface area contributed by atoms with Gasteiger partial charge in [-0.2, -0.15) is 0 Å². The molecule has 0 spiro atoms. The van der Waals surface area contributed by atoms with Crippen molar-refractivity contribution >= 4 is 164 Å². The first-order chi connectivity index (χ1) is 53.3. The Labute approximate surface area is 622 Å². The highest BCUT2D eigenvalue weighted by Gasteiger charge is 2.44. The third-order valence-electron chi connectivity index (χ3n) is 25.7. The number of para-hydroxylation sites is 6. The zero-order chi connectivity index (χ0) is 70.7. The van der Waals surface area contributed by atoms with Gasteiger partial charge in [-0.05, 0) is 199 Å². The molecule has 0 saturated carbocycles. The minimum absolute atomic E-state index is 0.216. The highest BCUT2D eigenvalue weighted by molar-refractivity contribution is 7.00. The van der Waals surface area contributed by atoms with Gasteiger partial charge in [-0.1, -0.05) is 244 Å². The lowest BCUT2D eigenvalue weighted by Crippen LogP contribution is -2.59. The number of aryl methyl sites for hydroxylation is 1. The summed E-state index contributed by atoms with van der Waals surface area (Å²) in [5.74, 6) is 0.216. The van der Waals surface area contributed by atoms with Gasteiger partial charge in [-0.3, -0.25) is 0 Å². The first-order valence-electron chi connectivity index (χ1n) is 38.2. The second-order valence-corrected chi connectivity index (χ2v) is 31.4. The van der Waals surface area contributed by atoms with Crippen molar-refractivity contribution in [2.75, 3.05) is 0 Å². The molecule has 0 saturated heterocycles. The predicted octanol–water partition coefficient (Wildman–Crippen LogP) is 23.8. The van der Waals surface area contributed by atoms with E-state index in [4.69, 9.17) is 0 Å². The Hall–Kier alpha value is -13.4. The van der Waals surface area contributed by atoms with E-state index in [-0.39, 0.29) is 18.0 Å². The van der Waals surface area contributed by atoms with Crippen LogP contribution >= 0.6 is 0 Å². The Kier molecular flexibility index (Phi) is 11.6. The Bertz CT molecular complexity index is 7630. The zero-order valence-electron chi connectivity index (χ0n) is 59.8. The standard InChI is InChI=1S/C102H66BN5/c1-59-41-45-70-79-52-62(102(2,3)61-23-5-4-6-24-61)43-46-71(79)83-58-96-98-101(97(83)82(70)49-59)108-95-48-44-63(104-88-35-17-11-29-72(88)73-30-12-18-36-89(73)104)53-81(95)85-55-65(106-92-39-21-15-33-76(92)77-34-16-22-40-93(77)106)57-87(100(85)108)103(98)86-56-64(105-90-37-19-13-31-74(90)75-32-14-20-38-91(75)105)54-84-80-51-60(42-47-94(80)107(96)99(84)86)50-78-68-27-9-7-25-66(68)67-26-8-10-28-69(67)78/h4-49,51-58,78H,50H2,1-3H3. The maximum Gasteiger partial charge on any atom is 0.252 e. The first kappa shape index (κ1) is 58.9. The van der Waals surface area contributed by atoms with E-state index in [1.807, 2.05) is 0 Å². The van der Waals surface area contributed by atoms with Gasteiger partial charge in [-0.15, -0.1) is 0 Å². The number of rotatable bonds is 7. The predicted molar refractivity (Wildman–Crippen MR) is 456 cm³/mol. The van der Waals surface area contributed by atoms with Crippen LogP contribution in [0.25, 0.3) is 181 Å². The molecule has 502 valence electrons. The molecule has 6 heteroatoms. The summed E-state index contributed by atoms with van der Waals surface area (Å²) in [6.45, 7) is 6.81. The van der Waals surface area contributed by atoms with E-state index >= 15 is 0 Å². The normalized spacial score (nSPS) is 13.3. The fourth-order valence-corrected chi connectivity index (χ4v) is 21.0.